The normalized spacial score (nSPS) is 13.5. The van der Waals surface area contributed by atoms with Gasteiger partial charge < -0.3 is 28.4 Å². The minimum absolute atomic E-state index is 0.333. The second kappa shape index (κ2) is 10.5. The zero-order valence-electron chi connectivity index (χ0n) is 18.0. The van der Waals surface area contributed by atoms with Crippen molar-refractivity contribution in [1.82, 2.24) is 5.43 Å². The van der Waals surface area contributed by atoms with Gasteiger partial charge in [0.25, 0.3) is 5.91 Å². The molecule has 1 heterocycles. The minimum atomic E-state index is -0.904. The Morgan fingerprint density at radius 1 is 1.13 bits per heavy atom. The number of carbonyl (C=O) groups excluding carboxylic acids is 1. The fourth-order valence-electron chi connectivity index (χ4n) is 3.18. The molecule has 0 spiro atoms. The lowest BCUT2D eigenvalue weighted by molar-refractivity contribution is -0.133. The maximum Gasteiger partial charge on any atom is 0.273 e. The van der Waals surface area contributed by atoms with Crippen LogP contribution in [0.2, 0.25) is 0 Å². The summed E-state index contributed by atoms with van der Waals surface area (Å²) >= 11 is 0. The molecule has 1 atom stereocenters. The van der Waals surface area contributed by atoms with Gasteiger partial charge in [0.05, 0.1) is 27.5 Å². The van der Waals surface area contributed by atoms with Crippen LogP contribution in [0, 0.1) is 0 Å². The molecule has 9 heteroatoms. The molecule has 0 radical (unpaired) electrons. The first kappa shape index (κ1) is 22.2. The van der Waals surface area contributed by atoms with E-state index in [4.69, 9.17) is 28.4 Å². The van der Waals surface area contributed by atoms with Crippen molar-refractivity contribution in [2.45, 2.75) is 13.0 Å². The third kappa shape index (κ3) is 5.00. The van der Waals surface area contributed by atoms with Crippen LogP contribution in [-0.2, 0) is 9.53 Å². The summed E-state index contributed by atoms with van der Waals surface area (Å²) in [5.41, 5.74) is 3.75. The number of ether oxygens (including phenoxy) is 6. The van der Waals surface area contributed by atoms with Crippen LogP contribution in [0.4, 0.5) is 0 Å². The Kier molecular flexibility index (Phi) is 7.55. The molecule has 0 fully saturated rings. The average molecular weight is 430 g/mol. The van der Waals surface area contributed by atoms with Gasteiger partial charge in [-0.3, -0.25) is 4.79 Å². The molecule has 1 unspecified atom stereocenters. The van der Waals surface area contributed by atoms with Gasteiger partial charge in [0.15, 0.2) is 29.1 Å². The van der Waals surface area contributed by atoms with Crippen LogP contribution in [0.1, 0.15) is 24.2 Å². The highest BCUT2D eigenvalue weighted by atomic mass is 16.6. The number of rotatable bonds is 9. The number of amides is 1. The second-order valence-electron chi connectivity index (χ2n) is 6.40. The number of fused-ring (bicyclic) bond motifs is 1. The average Bonchev–Trinajstić information content (AvgIpc) is 2.81. The van der Waals surface area contributed by atoms with Crippen molar-refractivity contribution in [3.63, 3.8) is 0 Å². The highest BCUT2D eigenvalue weighted by Gasteiger charge is 2.28. The van der Waals surface area contributed by atoms with Gasteiger partial charge in [0.1, 0.15) is 13.2 Å². The lowest BCUT2D eigenvalue weighted by atomic mass is 10.1. The first-order valence-corrected chi connectivity index (χ1v) is 9.75. The van der Waals surface area contributed by atoms with Crippen molar-refractivity contribution in [2.24, 2.45) is 5.10 Å². The Morgan fingerprint density at radius 2 is 1.84 bits per heavy atom. The van der Waals surface area contributed by atoms with Crippen molar-refractivity contribution >= 4 is 12.1 Å². The van der Waals surface area contributed by atoms with Gasteiger partial charge >= 0.3 is 0 Å². The molecule has 31 heavy (non-hydrogen) atoms. The third-order valence-corrected chi connectivity index (χ3v) is 4.53. The minimum Gasteiger partial charge on any atom is -0.493 e. The summed E-state index contributed by atoms with van der Waals surface area (Å²) < 4.78 is 33.0. The second-order valence-corrected chi connectivity index (χ2v) is 6.40. The van der Waals surface area contributed by atoms with Gasteiger partial charge in [0.2, 0.25) is 5.75 Å². The number of methoxy groups -OCH3 is 3. The fraction of sp³-hybridized carbons (Fsp3) is 0.364. The maximum atomic E-state index is 12.8. The summed E-state index contributed by atoms with van der Waals surface area (Å²) in [5.74, 6) is 2.09. The van der Waals surface area contributed by atoms with E-state index in [1.165, 1.54) is 27.5 Å². The molecule has 1 aliphatic rings. The van der Waals surface area contributed by atoms with Crippen LogP contribution in [0.25, 0.3) is 0 Å². The maximum absolute atomic E-state index is 12.8. The van der Waals surface area contributed by atoms with E-state index in [1.54, 1.807) is 30.3 Å². The summed E-state index contributed by atoms with van der Waals surface area (Å²) in [7, 11) is 4.58. The molecule has 9 nitrogen and oxygen atoms in total. The highest BCUT2D eigenvalue weighted by molar-refractivity contribution is 5.87. The van der Waals surface area contributed by atoms with Gasteiger partial charge in [-0.2, -0.15) is 5.10 Å². The van der Waals surface area contributed by atoms with Gasteiger partial charge in [-0.25, -0.2) is 5.43 Å². The van der Waals surface area contributed by atoms with Crippen LogP contribution in [0.15, 0.2) is 35.4 Å². The number of benzene rings is 2. The van der Waals surface area contributed by atoms with E-state index in [0.717, 1.165) is 0 Å². The van der Waals surface area contributed by atoms with Crippen molar-refractivity contribution < 1.29 is 33.2 Å². The molecule has 2 aromatic carbocycles. The predicted octanol–water partition coefficient (Wildman–Crippen LogP) is 2.71. The fourth-order valence-corrected chi connectivity index (χ4v) is 3.18. The molecule has 1 aliphatic heterocycles. The van der Waals surface area contributed by atoms with Gasteiger partial charge in [0, 0.05) is 17.7 Å². The Morgan fingerprint density at radius 3 is 2.48 bits per heavy atom. The molecule has 0 aromatic heterocycles. The summed E-state index contributed by atoms with van der Waals surface area (Å²) in [6.07, 6.45) is 0.574. The molecule has 166 valence electrons. The number of para-hydroxylation sites is 1. The largest absolute Gasteiger partial charge is 0.493 e. The standard InChI is InChI=1S/C22H26N2O7/c1-5-29-20(15-7-6-8-16-19(15)31-10-9-30-16)22(25)24-23-13-14-11-17(26-2)21(28-4)18(12-14)27-3/h6-8,11-13,20H,5,9-10H2,1-4H3,(H,24,25)/b23-13+. The first-order chi connectivity index (χ1) is 15.1. The lowest BCUT2D eigenvalue weighted by Crippen LogP contribution is -2.28. The number of nitrogens with one attached hydrogen (secondary N) is 1. The topological polar surface area (TPSA) is 96.8 Å². The van der Waals surface area contributed by atoms with Crippen molar-refractivity contribution in [2.75, 3.05) is 41.2 Å². The zero-order chi connectivity index (χ0) is 22.2. The summed E-state index contributed by atoms with van der Waals surface area (Å²) in [4.78, 5) is 12.8. The van der Waals surface area contributed by atoms with Crippen molar-refractivity contribution in [3.8, 4) is 28.7 Å². The van der Waals surface area contributed by atoms with E-state index < -0.39 is 12.0 Å². The van der Waals surface area contributed by atoms with Gasteiger partial charge in [-0.15, -0.1) is 0 Å². The Bertz CT molecular complexity index is 920. The van der Waals surface area contributed by atoms with E-state index in [0.29, 0.717) is 59.7 Å². The molecule has 0 saturated carbocycles. The Balaban J connectivity index is 1.79. The number of carbonyl (C=O) groups is 1. The van der Waals surface area contributed by atoms with Crippen molar-refractivity contribution in [3.05, 3.63) is 41.5 Å². The number of hydrogen-bond acceptors (Lipinski definition) is 8. The molecule has 1 amide bonds. The summed E-state index contributed by atoms with van der Waals surface area (Å²) in [5, 5.41) is 4.06. The van der Waals surface area contributed by atoms with E-state index in [1.807, 2.05) is 6.92 Å². The Hall–Kier alpha value is -3.46. The molecular formula is C22H26N2O7. The third-order valence-electron chi connectivity index (χ3n) is 4.53. The predicted molar refractivity (Wildman–Crippen MR) is 114 cm³/mol. The molecular weight excluding hydrogens is 404 g/mol. The van der Waals surface area contributed by atoms with Crippen LogP contribution < -0.4 is 29.1 Å². The summed E-state index contributed by atoms with van der Waals surface area (Å²) in [6, 6.07) is 8.80. The van der Waals surface area contributed by atoms with Gasteiger partial charge in [-0.1, -0.05) is 12.1 Å². The van der Waals surface area contributed by atoms with E-state index in [2.05, 4.69) is 10.5 Å². The van der Waals surface area contributed by atoms with Crippen LogP contribution in [0.5, 0.6) is 28.7 Å². The smallest absolute Gasteiger partial charge is 0.273 e. The first-order valence-electron chi connectivity index (χ1n) is 9.75. The Labute approximate surface area is 180 Å². The zero-order valence-corrected chi connectivity index (χ0v) is 18.0. The molecule has 1 N–H and O–H groups in total. The highest BCUT2D eigenvalue weighted by Crippen LogP contribution is 2.39. The molecule has 0 aliphatic carbocycles. The number of nitrogens with zero attached hydrogens (tertiary/aromatic N) is 1. The van der Waals surface area contributed by atoms with E-state index in [-0.39, 0.29) is 0 Å². The number of hydrazone groups is 1. The van der Waals surface area contributed by atoms with Crippen LogP contribution >= 0.6 is 0 Å². The summed E-state index contributed by atoms with van der Waals surface area (Å²) in [6.45, 7) is 3.01. The van der Waals surface area contributed by atoms with Crippen molar-refractivity contribution in [1.29, 1.82) is 0 Å². The molecule has 2 aromatic rings. The SMILES string of the molecule is CCOC(C(=O)N/N=C/c1cc(OC)c(OC)c(OC)c1)c1cccc2c1OCCO2. The molecule has 0 saturated heterocycles. The van der Waals surface area contributed by atoms with Crippen LogP contribution in [-0.4, -0.2) is 53.3 Å². The van der Waals surface area contributed by atoms with E-state index in [9.17, 15) is 4.79 Å². The van der Waals surface area contributed by atoms with E-state index >= 15 is 0 Å². The van der Waals surface area contributed by atoms with Crippen LogP contribution in [0.3, 0.4) is 0 Å². The molecule has 3 rings (SSSR count). The molecule has 0 bridgehead atoms. The number of hydrogen-bond donors (Lipinski definition) is 1. The lowest BCUT2D eigenvalue weighted by Gasteiger charge is -2.24. The van der Waals surface area contributed by atoms with Gasteiger partial charge in [-0.05, 0) is 25.1 Å². The monoisotopic (exact) mass is 430 g/mol. The quantitative estimate of drug-likeness (QED) is 0.483.